The van der Waals surface area contributed by atoms with Gasteiger partial charge >= 0.3 is 0 Å². The zero-order valence-electron chi connectivity index (χ0n) is 10.2. The molecule has 0 unspecified atom stereocenters. The van der Waals surface area contributed by atoms with Crippen LogP contribution in [0.25, 0.3) is 6.08 Å². The Labute approximate surface area is 97.8 Å². The van der Waals surface area contributed by atoms with E-state index in [9.17, 15) is 0 Å². The summed E-state index contributed by atoms with van der Waals surface area (Å²) in [4.78, 5) is 2.23. The fourth-order valence-electron chi connectivity index (χ4n) is 2.31. The Hall–Kier alpha value is -1.28. The molecule has 0 atom stereocenters. The topological polar surface area (TPSA) is 29.3 Å². The Morgan fingerprint density at radius 3 is 2.81 bits per heavy atom. The summed E-state index contributed by atoms with van der Waals surface area (Å²) in [5.74, 6) is 0. The Kier molecular flexibility index (Phi) is 3.30. The zero-order valence-corrected chi connectivity index (χ0v) is 10.2. The van der Waals surface area contributed by atoms with Crippen molar-refractivity contribution in [1.29, 1.82) is 0 Å². The first-order valence-electron chi connectivity index (χ1n) is 5.88. The van der Waals surface area contributed by atoms with Crippen LogP contribution in [0.3, 0.4) is 0 Å². The van der Waals surface area contributed by atoms with E-state index in [2.05, 4.69) is 37.2 Å². The predicted octanol–water partition coefficient (Wildman–Crippen LogP) is 2.55. The molecule has 1 aliphatic rings. The number of anilines is 1. The summed E-state index contributed by atoms with van der Waals surface area (Å²) >= 11 is 0. The van der Waals surface area contributed by atoms with Crippen molar-refractivity contribution in [3.8, 4) is 0 Å². The highest BCUT2D eigenvalue weighted by Gasteiger charge is 2.09. The summed E-state index contributed by atoms with van der Waals surface area (Å²) in [6, 6.07) is 6.25. The van der Waals surface area contributed by atoms with Crippen LogP contribution in [0.15, 0.2) is 23.8 Å². The quantitative estimate of drug-likeness (QED) is 0.770. The molecule has 0 saturated carbocycles. The first-order chi connectivity index (χ1) is 7.65. The third-order valence-electron chi connectivity index (χ3n) is 2.99. The van der Waals surface area contributed by atoms with Gasteiger partial charge in [-0.25, -0.2) is 0 Å². The number of hydrogen-bond donors (Lipinski definition) is 1. The molecule has 0 aliphatic heterocycles. The highest BCUT2D eigenvalue weighted by Crippen LogP contribution is 2.24. The maximum Gasteiger partial charge on any atom is 0.0317 e. The summed E-state index contributed by atoms with van der Waals surface area (Å²) < 4.78 is 0. The Morgan fingerprint density at radius 2 is 2.06 bits per heavy atom. The molecule has 0 bridgehead atoms. The van der Waals surface area contributed by atoms with Gasteiger partial charge in [0, 0.05) is 12.2 Å². The molecule has 0 spiro atoms. The summed E-state index contributed by atoms with van der Waals surface area (Å²) in [6.07, 6.45) is 5.92. The lowest BCUT2D eigenvalue weighted by molar-refractivity contribution is 0.439. The second-order valence-corrected chi connectivity index (χ2v) is 4.85. The van der Waals surface area contributed by atoms with Crippen LogP contribution in [0.5, 0.6) is 0 Å². The number of nitrogen functional groups attached to an aromatic ring is 1. The van der Waals surface area contributed by atoms with Crippen LogP contribution in [0, 0.1) is 0 Å². The Morgan fingerprint density at radius 1 is 1.25 bits per heavy atom. The van der Waals surface area contributed by atoms with Gasteiger partial charge in [0.05, 0.1) is 0 Å². The molecule has 0 heterocycles. The van der Waals surface area contributed by atoms with Crippen LogP contribution in [0.1, 0.15) is 24.0 Å². The number of rotatable bonds is 2. The smallest absolute Gasteiger partial charge is 0.0317 e. The van der Waals surface area contributed by atoms with E-state index < -0.39 is 0 Å². The van der Waals surface area contributed by atoms with Crippen molar-refractivity contribution in [2.45, 2.75) is 19.3 Å². The van der Waals surface area contributed by atoms with Gasteiger partial charge in [-0.3, -0.25) is 0 Å². The third kappa shape index (κ3) is 2.64. The molecular formula is C14H20N2. The van der Waals surface area contributed by atoms with Gasteiger partial charge in [0.25, 0.3) is 0 Å². The molecule has 0 aromatic heterocycles. The largest absolute Gasteiger partial charge is 0.399 e. The van der Waals surface area contributed by atoms with E-state index in [1.165, 1.54) is 29.5 Å². The van der Waals surface area contributed by atoms with Crippen molar-refractivity contribution in [2.24, 2.45) is 0 Å². The molecule has 2 nitrogen and oxygen atoms in total. The minimum atomic E-state index is 0.878. The molecule has 0 saturated heterocycles. The molecule has 2 N–H and O–H groups in total. The molecule has 2 heteroatoms. The van der Waals surface area contributed by atoms with E-state index in [0.29, 0.717) is 0 Å². The van der Waals surface area contributed by atoms with Crippen LogP contribution in [-0.2, 0) is 6.42 Å². The maximum atomic E-state index is 5.82. The van der Waals surface area contributed by atoms with Crippen molar-refractivity contribution in [1.82, 2.24) is 4.90 Å². The minimum absolute atomic E-state index is 0.878. The maximum absolute atomic E-state index is 5.82. The van der Waals surface area contributed by atoms with E-state index in [0.717, 1.165) is 18.7 Å². The number of fused-ring (bicyclic) bond motifs is 1. The molecule has 1 aromatic carbocycles. The highest BCUT2D eigenvalue weighted by atomic mass is 15.0. The van der Waals surface area contributed by atoms with Crippen LogP contribution in [0.2, 0.25) is 0 Å². The molecule has 1 aromatic rings. The molecule has 0 fully saturated rings. The summed E-state index contributed by atoms with van der Waals surface area (Å²) in [7, 11) is 4.24. The first kappa shape index (κ1) is 11.2. The van der Waals surface area contributed by atoms with Gasteiger partial charge in [0.1, 0.15) is 0 Å². The van der Waals surface area contributed by atoms with Crippen molar-refractivity contribution in [3.63, 3.8) is 0 Å². The average molecular weight is 216 g/mol. The van der Waals surface area contributed by atoms with Gasteiger partial charge < -0.3 is 10.6 Å². The zero-order chi connectivity index (χ0) is 11.5. The molecule has 16 heavy (non-hydrogen) atoms. The molecular weight excluding hydrogens is 196 g/mol. The summed E-state index contributed by atoms with van der Waals surface area (Å²) in [6.45, 7) is 1.06. The monoisotopic (exact) mass is 216 g/mol. The summed E-state index contributed by atoms with van der Waals surface area (Å²) in [5.41, 5.74) is 11.0. The standard InChI is InChI=1S/C14H20N2/c1-16(2)10-11-4-3-5-12-9-14(15)7-6-13(12)8-11/h6-9H,3-5,10,15H2,1-2H3. The van der Waals surface area contributed by atoms with E-state index >= 15 is 0 Å². The lowest BCUT2D eigenvalue weighted by atomic mass is 10.0. The fraction of sp³-hybridized carbons (Fsp3) is 0.429. The molecule has 0 amide bonds. The number of nitrogens with zero attached hydrogens (tertiary/aromatic N) is 1. The second kappa shape index (κ2) is 4.71. The number of likely N-dealkylation sites (N-methyl/N-ethyl adjacent to an activating group) is 1. The van der Waals surface area contributed by atoms with Gasteiger partial charge in [0.15, 0.2) is 0 Å². The average Bonchev–Trinajstić information content (AvgIpc) is 2.38. The minimum Gasteiger partial charge on any atom is -0.399 e. The number of aryl methyl sites for hydroxylation is 1. The molecule has 2 rings (SSSR count). The Bertz CT molecular complexity index is 405. The number of hydrogen-bond acceptors (Lipinski definition) is 2. The van der Waals surface area contributed by atoms with Crippen LogP contribution in [0.4, 0.5) is 5.69 Å². The molecule has 1 aliphatic carbocycles. The van der Waals surface area contributed by atoms with Crippen molar-refractivity contribution < 1.29 is 0 Å². The Balaban J connectivity index is 2.29. The summed E-state index contributed by atoms with van der Waals surface area (Å²) in [5, 5.41) is 0. The van der Waals surface area contributed by atoms with E-state index in [1.807, 2.05) is 6.07 Å². The van der Waals surface area contributed by atoms with Gasteiger partial charge in [-0.2, -0.15) is 0 Å². The van der Waals surface area contributed by atoms with Crippen molar-refractivity contribution in [3.05, 3.63) is 34.9 Å². The lowest BCUT2D eigenvalue weighted by Gasteiger charge is -2.12. The van der Waals surface area contributed by atoms with Crippen LogP contribution >= 0.6 is 0 Å². The van der Waals surface area contributed by atoms with Gasteiger partial charge in [-0.05, 0) is 56.6 Å². The van der Waals surface area contributed by atoms with Crippen molar-refractivity contribution >= 4 is 11.8 Å². The van der Waals surface area contributed by atoms with Crippen LogP contribution < -0.4 is 5.73 Å². The highest BCUT2D eigenvalue weighted by molar-refractivity contribution is 5.61. The SMILES string of the molecule is CN(C)CC1=Cc2ccc(N)cc2CCC1. The van der Waals surface area contributed by atoms with E-state index in [-0.39, 0.29) is 0 Å². The third-order valence-corrected chi connectivity index (χ3v) is 2.99. The second-order valence-electron chi connectivity index (χ2n) is 4.85. The predicted molar refractivity (Wildman–Crippen MR) is 70.3 cm³/mol. The number of benzene rings is 1. The first-order valence-corrected chi connectivity index (χ1v) is 5.88. The molecule has 86 valence electrons. The van der Waals surface area contributed by atoms with E-state index in [1.54, 1.807) is 0 Å². The van der Waals surface area contributed by atoms with Gasteiger partial charge in [0.2, 0.25) is 0 Å². The van der Waals surface area contributed by atoms with Crippen molar-refractivity contribution in [2.75, 3.05) is 26.4 Å². The van der Waals surface area contributed by atoms with Gasteiger partial charge in [-0.1, -0.05) is 17.7 Å². The van der Waals surface area contributed by atoms with Gasteiger partial charge in [-0.15, -0.1) is 0 Å². The normalized spacial score (nSPS) is 15.6. The van der Waals surface area contributed by atoms with Crippen LogP contribution in [-0.4, -0.2) is 25.5 Å². The number of nitrogens with two attached hydrogens (primary N) is 1. The molecule has 0 radical (unpaired) electrons. The lowest BCUT2D eigenvalue weighted by Crippen LogP contribution is -2.14. The van der Waals surface area contributed by atoms with E-state index in [4.69, 9.17) is 5.73 Å². The fourth-order valence-corrected chi connectivity index (χ4v) is 2.31.